The Balaban J connectivity index is 1.54. The molecule has 0 radical (unpaired) electrons. The topological polar surface area (TPSA) is 58.2 Å². The highest BCUT2D eigenvalue weighted by Gasteiger charge is 2.26. The second-order valence-corrected chi connectivity index (χ2v) is 7.23. The van der Waals surface area contributed by atoms with E-state index < -0.39 is 0 Å². The van der Waals surface area contributed by atoms with Crippen LogP contribution in [0.3, 0.4) is 0 Å². The SMILES string of the molecule is O=C(CCNC(=O)c1ccccc1)NC(c1ccccc1)C1CCCCC1. The van der Waals surface area contributed by atoms with Gasteiger partial charge < -0.3 is 10.6 Å². The van der Waals surface area contributed by atoms with Crippen LogP contribution in [0.2, 0.25) is 0 Å². The third-order valence-corrected chi connectivity index (χ3v) is 5.27. The molecule has 0 saturated heterocycles. The predicted molar refractivity (Wildman–Crippen MR) is 107 cm³/mol. The maximum absolute atomic E-state index is 12.5. The van der Waals surface area contributed by atoms with Crippen LogP contribution in [0.4, 0.5) is 0 Å². The van der Waals surface area contributed by atoms with E-state index in [0.29, 0.717) is 18.0 Å². The summed E-state index contributed by atoms with van der Waals surface area (Å²) in [5.74, 6) is 0.335. The third-order valence-electron chi connectivity index (χ3n) is 5.27. The molecular weight excluding hydrogens is 336 g/mol. The summed E-state index contributed by atoms with van der Waals surface area (Å²) in [6, 6.07) is 19.4. The van der Waals surface area contributed by atoms with Crippen molar-refractivity contribution in [2.24, 2.45) is 5.92 Å². The summed E-state index contributed by atoms with van der Waals surface area (Å²) >= 11 is 0. The van der Waals surface area contributed by atoms with Gasteiger partial charge in [0.1, 0.15) is 0 Å². The smallest absolute Gasteiger partial charge is 0.251 e. The summed E-state index contributed by atoms with van der Waals surface area (Å²) in [7, 11) is 0. The number of hydrogen-bond acceptors (Lipinski definition) is 2. The lowest BCUT2D eigenvalue weighted by molar-refractivity contribution is -0.122. The van der Waals surface area contributed by atoms with Crippen molar-refractivity contribution in [1.82, 2.24) is 10.6 Å². The molecule has 2 amide bonds. The first-order valence-electron chi connectivity index (χ1n) is 9.91. The predicted octanol–water partition coefficient (Wildman–Crippen LogP) is 4.24. The van der Waals surface area contributed by atoms with Crippen molar-refractivity contribution in [3.05, 3.63) is 71.8 Å². The van der Waals surface area contributed by atoms with Crippen molar-refractivity contribution >= 4 is 11.8 Å². The Morgan fingerprint density at radius 1 is 0.889 bits per heavy atom. The first kappa shape index (κ1) is 19.2. The summed E-state index contributed by atoms with van der Waals surface area (Å²) in [5, 5.41) is 6.05. The Hall–Kier alpha value is -2.62. The summed E-state index contributed by atoms with van der Waals surface area (Å²) in [6.45, 7) is 0.339. The molecule has 27 heavy (non-hydrogen) atoms. The maximum atomic E-state index is 12.5. The fourth-order valence-corrected chi connectivity index (χ4v) is 3.83. The molecule has 1 saturated carbocycles. The van der Waals surface area contributed by atoms with E-state index in [1.807, 2.05) is 36.4 Å². The summed E-state index contributed by atoms with van der Waals surface area (Å²) < 4.78 is 0. The number of hydrogen-bond donors (Lipinski definition) is 2. The summed E-state index contributed by atoms with van der Waals surface area (Å²) in [5.41, 5.74) is 1.79. The lowest BCUT2D eigenvalue weighted by atomic mass is 9.81. The van der Waals surface area contributed by atoms with Crippen LogP contribution in [0.5, 0.6) is 0 Å². The van der Waals surface area contributed by atoms with Crippen LogP contribution in [-0.4, -0.2) is 18.4 Å². The molecule has 0 bridgehead atoms. The van der Waals surface area contributed by atoms with E-state index in [1.54, 1.807) is 12.1 Å². The second-order valence-electron chi connectivity index (χ2n) is 7.23. The van der Waals surface area contributed by atoms with E-state index in [1.165, 1.54) is 24.8 Å². The van der Waals surface area contributed by atoms with Gasteiger partial charge in [0.2, 0.25) is 5.91 Å². The molecule has 0 aliphatic heterocycles. The Bertz CT molecular complexity index is 725. The number of amides is 2. The second kappa shape index (κ2) is 9.91. The molecule has 1 unspecified atom stereocenters. The third kappa shape index (κ3) is 5.68. The number of carbonyl (C=O) groups excluding carboxylic acids is 2. The van der Waals surface area contributed by atoms with Crippen molar-refractivity contribution in [2.45, 2.75) is 44.6 Å². The minimum atomic E-state index is -0.143. The van der Waals surface area contributed by atoms with Crippen LogP contribution in [0.1, 0.15) is 60.5 Å². The van der Waals surface area contributed by atoms with Crippen LogP contribution in [0.15, 0.2) is 60.7 Å². The minimum Gasteiger partial charge on any atom is -0.352 e. The highest BCUT2D eigenvalue weighted by Crippen LogP contribution is 2.34. The number of rotatable bonds is 7. The number of benzene rings is 2. The van der Waals surface area contributed by atoms with Crippen molar-refractivity contribution in [3.8, 4) is 0 Å². The van der Waals surface area contributed by atoms with Crippen LogP contribution >= 0.6 is 0 Å². The molecule has 3 rings (SSSR count). The minimum absolute atomic E-state index is 0.0113. The van der Waals surface area contributed by atoms with Gasteiger partial charge in [0.25, 0.3) is 5.91 Å². The Morgan fingerprint density at radius 2 is 1.52 bits per heavy atom. The average Bonchev–Trinajstić information content (AvgIpc) is 2.74. The van der Waals surface area contributed by atoms with Gasteiger partial charge in [-0.1, -0.05) is 67.8 Å². The van der Waals surface area contributed by atoms with Gasteiger partial charge in [-0.2, -0.15) is 0 Å². The van der Waals surface area contributed by atoms with E-state index in [-0.39, 0.29) is 24.3 Å². The van der Waals surface area contributed by atoms with Crippen molar-refractivity contribution in [2.75, 3.05) is 6.54 Å². The molecule has 1 atom stereocenters. The Morgan fingerprint density at radius 3 is 2.19 bits per heavy atom. The maximum Gasteiger partial charge on any atom is 0.251 e. The summed E-state index contributed by atoms with van der Waals surface area (Å²) in [6.07, 6.45) is 6.36. The van der Waals surface area contributed by atoms with Gasteiger partial charge in [-0.05, 0) is 36.5 Å². The van der Waals surface area contributed by atoms with Gasteiger partial charge in [0.15, 0.2) is 0 Å². The van der Waals surface area contributed by atoms with Gasteiger partial charge >= 0.3 is 0 Å². The van der Waals surface area contributed by atoms with Gasteiger partial charge in [-0.25, -0.2) is 0 Å². The van der Waals surface area contributed by atoms with E-state index in [0.717, 1.165) is 12.8 Å². The standard InChI is InChI=1S/C23H28N2O2/c26-21(16-17-24-23(27)20-14-8-3-9-15-20)25-22(18-10-4-1-5-11-18)19-12-6-2-7-13-19/h1,3-5,8-11,14-15,19,22H,2,6-7,12-13,16-17H2,(H,24,27)(H,25,26). The largest absolute Gasteiger partial charge is 0.352 e. The molecular formula is C23H28N2O2. The number of carbonyl (C=O) groups is 2. The van der Waals surface area contributed by atoms with Crippen molar-refractivity contribution in [1.29, 1.82) is 0 Å². The van der Waals surface area contributed by atoms with E-state index in [9.17, 15) is 9.59 Å². The lowest BCUT2D eigenvalue weighted by Gasteiger charge is -2.31. The zero-order chi connectivity index (χ0) is 18.9. The molecule has 1 aliphatic rings. The highest BCUT2D eigenvalue weighted by atomic mass is 16.2. The first-order chi connectivity index (χ1) is 13.2. The molecule has 1 aliphatic carbocycles. The average molecular weight is 364 g/mol. The molecule has 142 valence electrons. The van der Waals surface area contributed by atoms with Crippen LogP contribution in [0.25, 0.3) is 0 Å². The lowest BCUT2D eigenvalue weighted by Crippen LogP contribution is -2.36. The molecule has 2 N–H and O–H groups in total. The molecule has 0 heterocycles. The quantitative estimate of drug-likeness (QED) is 0.772. The first-order valence-corrected chi connectivity index (χ1v) is 9.91. The van der Waals surface area contributed by atoms with E-state index >= 15 is 0 Å². The molecule has 0 spiro atoms. The van der Waals surface area contributed by atoms with Crippen molar-refractivity contribution in [3.63, 3.8) is 0 Å². The van der Waals surface area contributed by atoms with Crippen LogP contribution < -0.4 is 10.6 Å². The molecule has 2 aromatic rings. The Labute approximate surface area is 161 Å². The van der Waals surface area contributed by atoms with Crippen LogP contribution in [-0.2, 0) is 4.79 Å². The fraction of sp³-hybridized carbons (Fsp3) is 0.391. The molecule has 2 aromatic carbocycles. The normalized spacial score (nSPS) is 15.7. The highest BCUT2D eigenvalue weighted by molar-refractivity contribution is 5.94. The molecule has 4 heteroatoms. The molecule has 4 nitrogen and oxygen atoms in total. The van der Waals surface area contributed by atoms with Gasteiger partial charge in [0, 0.05) is 18.5 Å². The summed E-state index contributed by atoms with van der Waals surface area (Å²) in [4.78, 5) is 24.6. The van der Waals surface area contributed by atoms with E-state index in [4.69, 9.17) is 0 Å². The van der Waals surface area contributed by atoms with Gasteiger partial charge in [-0.15, -0.1) is 0 Å². The van der Waals surface area contributed by atoms with Gasteiger partial charge in [-0.3, -0.25) is 9.59 Å². The fourth-order valence-electron chi connectivity index (χ4n) is 3.83. The molecule has 1 fully saturated rings. The number of nitrogens with one attached hydrogen (secondary N) is 2. The van der Waals surface area contributed by atoms with Crippen LogP contribution in [0, 0.1) is 5.92 Å². The molecule has 0 aromatic heterocycles. The zero-order valence-electron chi connectivity index (χ0n) is 15.7. The van der Waals surface area contributed by atoms with Gasteiger partial charge in [0.05, 0.1) is 6.04 Å². The monoisotopic (exact) mass is 364 g/mol. The Kier molecular flexibility index (Phi) is 7.03. The zero-order valence-corrected chi connectivity index (χ0v) is 15.7. The van der Waals surface area contributed by atoms with Crippen molar-refractivity contribution < 1.29 is 9.59 Å². The van der Waals surface area contributed by atoms with E-state index in [2.05, 4.69) is 22.8 Å².